The number of hydrogen-bond donors (Lipinski definition) is 0. The van der Waals surface area contributed by atoms with Crippen LogP contribution in [0.5, 0.6) is 0 Å². The fourth-order valence-electron chi connectivity index (χ4n) is 3.77. The van der Waals surface area contributed by atoms with Gasteiger partial charge in [-0.3, -0.25) is 0 Å². The molecule has 0 unspecified atom stereocenters. The van der Waals surface area contributed by atoms with Gasteiger partial charge in [-0.05, 0) is 48.2 Å². The van der Waals surface area contributed by atoms with Crippen LogP contribution >= 0.6 is 0 Å². The number of fused-ring (bicyclic) bond motifs is 1. The molecule has 1 aliphatic rings. The van der Waals surface area contributed by atoms with Crippen molar-refractivity contribution in [3.63, 3.8) is 0 Å². The Hall–Kier alpha value is -3.40. The minimum Gasteiger partial charge on any atom is -0.461 e. The van der Waals surface area contributed by atoms with Crippen LogP contribution in [0.25, 0.3) is 0 Å². The zero-order valence-corrected chi connectivity index (χ0v) is 16.0. The lowest BCUT2D eigenvalue weighted by atomic mass is 9.86. The van der Waals surface area contributed by atoms with Gasteiger partial charge in [-0.1, -0.05) is 60.7 Å². The summed E-state index contributed by atoms with van der Waals surface area (Å²) in [5.74, 6) is -0.731. The van der Waals surface area contributed by atoms with Crippen molar-refractivity contribution in [3.8, 4) is 0 Å². The summed E-state index contributed by atoms with van der Waals surface area (Å²) >= 11 is 0. The molecule has 0 aliphatic heterocycles. The van der Waals surface area contributed by atoms with Crippen LogP contribution in [0.2, 0.25) is 0 Å². The molecule has 3 aromatic rings. The summed E-state index contributed by atoms with van der Waals surface area (Å²) in [4.78, 5) is 24.9. The third-order valence-corrected chi connectivity index (χ3v) is 5.29. The van der Waals surface area contributed by atoms with Gasteiger partial charge in [-0.15, -0.1) is 0 Å². The molecule has 0 N–H and O–H groups in total. The summed E-state index contributed by atoms with van der Waals surface area (Å²) in [6, 6.07) is 26.0. The van der Waals surface area contributed by atoms with Crippen LogP contribution in [0.4, 0.5) is 0 Å². The van der Waals surface area contributed by atoms with E-state index in [9.17, 15) is 9.59 Å². The van der Waals surface area contributed by atoms with Crippen LogP contribution in [0.3, 0.4) is 0 Å². The quantitative estimate of drug-likeness (QED) is 0.586. The molecular weight excluding hydrogens is 364 g/mol. The van der Waals surface area contributed by atoms with E-state index in [2.05, 4.69) is 12.1 Å². The van der Waals surface area contributed by atoms with Gasteiger partial charge < -0.3 is 9.47 Å². The fraction of sp³-hybridized carbons (Fsp3) is 0.200. The first-order chi connectivity index (χ1) is 14.2. The first-order valence-corrected chi connectivity index (χ1v) is 9.66. The second-order valence-electron chi connectivity index (χ2n) is 7.51. The molecular formula is C25H22O4. The average molecular weight is 386 g/mol. The van der Waals surface area contributed by atoms with E-state index in [0.717, 1.165) is 0 Å². The number of carbonyl (C=O) groups is 2. The third kappa shape index (κ3) is 4.37. The minimum absolute atomic E-state index is 0.192. The molecule has 0 heterocycles. The second-order valence-corrected chi connectivity index (χ2v) is 7.51. The highest BCUT2D eigenvalue weighted by Gasteiger charge is 2.40. The van der Waals surface area contributed by atoms with Crippen LogP contribution in [0.15, 0.2) is 84.9 Å². The Morgan fingerprint density at radius 2 is 1.00 bits per heavy atom. The molecule has 4 nitrogen and oxygen atoms in total. The molecule has 4 rings (SSSR count). The van der Waals surface area contributed by atoms with Crippen LogP contribution in [-0.4, -0.2) is 25.2 Å². The molecule has 1 aliphatic carbocycles. The molecule has 0 aromatic heterocycles. The number of ether oxygens (including phenoxy) is 2. The summed E-state index contributed by atoms with van der Waals surface area (Å²) in [7, 11) is 0. The number of esters is 2. The molecule has 0 amide bonds. The topological polar surface area (TPSA) is 52.6 Å². The van der Waals surface area contributed by atoms with Gasteiger partial charge in [-0.2, -0.15) is 0 Å². The van der Waals surface area contributed by atoms with E-state index in [-0.39, 0.29) is 25.2 Å². The summed E-state index contributed by atoms with van der Waals surface area (Å²) in [6.07, 6.45) is 1.40. The first kappa shape index (κ1) is 18.9. The number of benzene rings is 3. The Morgan fingerprint density at radius 1 is 0.621 bits per heavy atom. The van der Waals surface area contributed by atoms with E-state index < -0.39 is 5.41 Å². The highest BCUT2D eigenvalue weighted by Crippen LogP contribution is 2.38. The second kappa shape index (κ2) is 8.31. The SMILES string of the molecule is O=C(OCC1(COC(=O)c2ccccc2)Cc2ccccc2C1)c1ccccc1. The Balaban J connectivity index is 1.48. The number of carbonyl (C=O) groups excluding carboxylic acids is 2. The highest BCUT2D eigenvalue weighted by molar-refractivity contribution is 5.89. The van der Waals surface area contributed by atoms with Crippen molar-refractivity contribution in [3.05, 3.63) is 107 Å². The molecule has 29 heavy (non-hydrogen) atoms. The minimum atomic E-state index is -0.460. The summed E-state index contributed by atoms with van der Waals surface area (Å²) < 4.78 is 11.3. The molecule has 146 valence electrons. The maximum Gasteiger partial charge on any atom is 0.338 e. The average Bonchev–Trinajstić information content (AvgIpc) is 3.16. The van der Waals surface area contributed by atoms with Crippen molar-refractivity contribution < 1.29 is 19.1 Å². The summed E-state index contributed by atoms with van der Waals surface area (Å²) in [5.41, 5.74) is 2.98. The van der Waals surface area contributed by atoms with E-state index in [1.807, 2.05) is 24.3 Å². The van der Waals surface area contributed by atoms with Crippen molar-refractivity contribution >= 4 is 11.9 Å². The molecule has 0 fully saturated rings. The van der Waals surface area contributed by atoms with Gasteiger partial charge >= 0.3 is 11.9 Å². The molecule has 0 radical (unpaired) electrons. The molecule has 0 bridgehead atoms. The smallest absolute Gasteiger partial charge is 0.338 e. The van der Waals surface area contributed by atoms with Gasteiger partial charge in [0, 0.05) is 5.41 Å². The standard InChI is InChI=1S/C25H22O4/c26-23(19-9-3-1-4-10-19)28-17-25(15-21-13-7-8-14-22(21)16-25)18-29-24(27)20-11-5-2-6-12-20/h1-14H,15-18H2. The molecule has 4 heteroatoms. The fourth-order valence-corrected chi connectivity index (χ4v) is 3.77. The Kier molecular flexibility index (Phi) is 5.43. The van der Waals surface area contributed by atoms with E-state index in [1.54, 1.807) is 48.5 Å². The maximum atomic E-state index is 12.4. The zero-order chi connectivity index (χ0) is 20.1. The highest BCUT2D eigenvalue weighted by atomic mass is 16.5. The lowest BCUT2D eigenvalue weighted by Gasteiger charge is -2.28. The Labute approximate surface area is 170 Å². The van der Waals surface area contributed by atoms with Crippen molar-refractivity contribution in [2.45, 2.75) is 12.8 Å². The van der Waals surface area contributed by atoms with Crippen molar-refractivity contribution in [2.75, 3.05) is 13.2 Å². The van der Waals surface area contributed by atoms with Gasteiger partial charge in [0.25, 0.3) is 0 Å². The van der Waals surface area contributed by atoms with Gasteiger partial charge in [0.15, 0.2) is 0 Å². The molecule has 0 atom stereocenters. The van der Waals surface area contributed by atoms with Crippen molar-refractivity contribution in [1.29, 1.82) is 0 Å². The lowest BCUT2D eigenvalue weighted by Crippen LogP contribution is -2.35. The Bertz CT molecular complexity index is 913. The zero-order valence-electron chi connectivity index (χ0n) is 16.0. The summed E-state index contributed by atoms with van der Waals surface area (Å²) in [5, 5.41) is 0. The number of rotatable bonds is 6. The molecule has 0 saturated carbocycles. The number of hydrogen-bond acceptors (Lipinski definition) is 4. The molecule has 0 spiro atoms. The third-order valence-electron chi connectivity index (χ3n) is 5.29. The van der Waals surface area contributed by atoms with Gasteiger partial charge in [0.1, 0.15) is 13.2 Å². The monoisotopic (exact) mass is 386 g/mol. The largest absolute Gasteiger partial charge is 0.461 e. The Morgan fingerprint density at radius 3 is 1.41 bits per heavy atom. The van der Waals surface area contributed by atoms with Crippen molar-refractivity contribution in [1.82, 2.24) is 0 Å². The predicted octanol–water partition coefficient (Wildman–Crippen LogP) is 4.49. The molecule has 3 aromatic carbocycles. The van der Waals surface area contributed by atoms with E-state index in [0.29, 0.717) is 24.0 Å². The summed E-state index contributed by atoms with van der Waals surface area (Å²) in [6.45, 7) is 0.384. The normalized spacial score (nSPS) is 14.1. The molecule has 0 saturated heterocycles. The van der Waals surface area contributed by atoms with Crippen molar-refractivity contribution in [2.24, 2.45) is 5.41 Å². The van der Waals surface area contributed by atoms with Crippen LogP contribution < -0.4 is 0 Å². The van der Waals surface area contributed by atoms with Gasteiger partial charge in [0.05, 0.1) is 11.1 Å². The van der Waals surface area contributed by atoms with Crippen LogP contribution in [0, 0.1) is 5.41 Å². The van der Waals surface area contributed by atoms with E-state index >= 15 is 0 Å². The van der Waals surface area contributed by atoms with E-state index in [4.69, 9.17) is 9.47 Å². The maximum absolute atomic E-state index is 12.4. The predicted molar refractivity (Wildman–Crippen MR) is 110 cm³/mol. The van der Waals surface area contributed by atoms with Gasteiger partial charge in [-0.25, -0.2) is 9.59 Å². The van der Waals surface area contributed by atoms with Gasteiger partial charge in [0.2, 0.25) is 0 Å². The van der Waals surface area contributed by atoms with Crippen LogP contribution in [0.1, 0.15) is 31.8 Å². The van der Waals surface area contributed by atoms with E-state index in [1.165, 1.54) is 11.1 Å². The lowest BCUT2D eigenvalue weighted by molar-refractivity contribution is -0.00223. The first-order valence-electron chi connectivity index (χ1n) is 9.66. The van der Waals surface area contributed by atoms with Crippen LogP contribution in [-0.2, 0) is 22.3 Å².